The number of carboxylic acids is 1. The summed E-state index contributed by atoms with van der Waals surface area (Å²) in [4.78, 5) is 11.4. The van der Waals surface area contributed by atoms with Gasteiger partial charge in [-0.25, -0.2) is 0 Å². The van der Waals surface area contributed by atoms with Gasteiger partial charge in [0.1, 0.15) is 6.04 Å². The predicted octanol–water partition coefficient (Wildman–Crippen LogP) is 2.78. The molecule has 1 heterocycles. The van der Waals surface area contributed by atoms with Gasteiger partial charge in [0.2, 0.25) is 0 Å². The van der Waals surface area contributed by atoms with Crippen LogP contribution in [0.5, 0.6) is 0 Å². The molecule has 2 rings (SSSR count). The molecule has 0 amide bonds. The predicted molar refractivity (Wildman–Crippen MR) is 81.3 cm³/mol. The molecule has 5 nitrogen and oxygen atoms in total. The third-order valence-corrected chi connectivity index (χ3v) is 3.80. The highest BCUT2D eigenvalue weighted by Gasteiger charge is 2.21. The zero-order valence-electron chi connectivity index (χ0n) is 12.0. The fourth-order valence-corrected chi connectivity index (χ4v) is 2.43. The molecule has 0 aliphatic rings. The van der Waals surface area contributed by atoms with Crippen LogP contribution in [0.1, 0.15) is 29.9 Å². The molecule has 0 aliphatic carbocycles. The van der Waals surface area contributed by atoms with E-state index in [1.54, 1.807) is 16.8 Å². The lowest BCUT2D eigenvalue weighted by Gasteiger charge is -2.15. The van der Waals surface area contributed by atoms with Crippen LogP contribution in [0.3, 0.4) is 0 Å². The maximum absolute atomic E-state index is 11.4. The molecule has 0 spiro atoms. The third-order valence-electron chi connectivity index (χ3n) is 3.31. The molecular weight excluding hydrogens is 290 g/mol. The number of nitrogens with one attached hydrogen (secondary N) is 1. The minimum atomic E-state index is -0.920. The lowest BCUT2D eigenvalue weighted by molar-refractivity contribution is -0.139. The molecule has 0 saturated heterocycles. The number of carboxylic acid groups (broad SMARTS) is 1. The summed E-state index contributed by atoms with van der Waals surface area (Å²) >= 11 is 6.23. The van der Waals surface area contributed by atoms with Crippen molar-refractivity contribution in [1.82, 2.24) is 15.1 Å². The number of hydrogen-bond acceptors (Lipinski definition) is 3. The van der Waals surface area contributed by atoms with E-state index in [4.69, 9.17) is 11.6 Å². The molecule has 0 aliphatic heterocycles. The average molecular weight is 308 g/mol. The Bertz CT molecular complexity index is 625. The lowest BCUT2D eigenvalue weighted by atomic mass is 10.1. The van der Waals surface area contributed by atoms with Crippen LogP contribution in [0.4, 0.5) is 0 Å². The minimum absolute atomic E-state index is 0.347. The number of rotatable bonds is 6. The molecular formula is C15H18ClN3O2. The number of aryl methyl sites for hydroxylation is 2. The molecule has 0 saturated carbocycles. The Kier molecular flexibility index (Phi) is 4.98. The van der Waals surface area contributed by atoms with E-state index >= 15 is 0 Å². The second kappa shape index (κ2) is 6.74. The van der Waals surface area contributed by atoms with Crippen molar-refractivity contribution in [2.24, 2.45) is 0 Å². The highest BCUT2D eigenvalue weighted by atomic mass is 35.5. The Morgan fingerprint density at radius 2 is 2.10 bits per heavy atom. The quantitative estimate of drug-likeness (QED) is 0.861. The molecule has 0 bridgehead atoms. The summed E-state index contributed by atoms with van der Waals surface area (Å²) in [5.74, 6) is -0.920. The molecule has 1 unspecified atom stereocenters. The minimum Gasteiger partial charge on any atom is -0.480 e. The fraction of sp³-hybridized carbons (Fsp3) is 0.333. The van der Waals surface area contributed by atoms with Crippen LogP contribution in [0.2, 0.25) is 5.02 Å². The number of carbonyl (C=O) groups is 1. The van der Waals surface area contributed by atoms with Gasteiger partial charge < -0.3 is 5.11 Å². The van der Waals surface area contributed by atoms with Gasteiger partial charge in [-0.15, -0.1) is 0 Å². The third kappa shape index (κ3) is 3.43. The Morgan fingerprint density at radius 1 is 1.43 bits per heavy atom. The first-order valence-corrected chi connectivity index (χ1v) is 7.15. The molecule has 21 heavy (non-hydrogen) atoms. The van der Waals surface area contributed by atoms with Crippen molar-refractivity contribution in [2.45, 2.75) is 33.0 Å². The highest BCUT2D eigenvalue weighted by Crippen LogP contribution is 2.21. The number of nitrogens with zero attached hydrogens (tertiary/aromatic N) is 2. The van der Waals surface area contributed by atoms with E-state index < -0.39 is 12.0 Å². The standard InChI is InChI=1S/C15H18ClN3O2/c1-3-19-12(13(16)10(2)18-19)9-17-14(15(20)21)11-7-5-4-6-8-11/h4-8,14,17H,3,9H2,1-2H3,(H,20,21). The lowest BCUT2D eigenvalue weighted by Crippen LogP contribution is -2.29. The highest BCUT2D eigenvalue weighted by molar-refractivity contribution is 6.31. The summed E-state index contributed by atoms with van der Waals surface area (Å²) in [5, 5.41) is 17.3. The molecule has 6 heteroatoms. The first kappa shape index (κ1) is 15.5. The van der Waals surface area contributed by atoms with Gasteiger partial charge in [-0.1, -0.05) is 41.9 Å². The molecule has 1 aromatic carbocycles. The van der Waals surface area contributed by atoms with Crippen molar-refractivity contribution in [1.29, 1.82) is 0 Å². The van der Waals surface area contributed by atoms with E-state index in [-0.39, 0.29) is 0 Å². The Labute approximate surface area is 128 Å². The van der Waals surface area contributed by atoms with Crippen LogP contribution in [-0.2, 0) is 17.9 Å². The summed E-state index contributed by atoms with van der Waals surface area (Å²) in [7, 11) is 0. The normalized spacial score (nSPS) is 12.3. The zero-order valence-corrected chi connectivity index (χ0v) is 12.8. The van der Waals surface area contributed by atoms with Gasteiger partial charge >= 0.3 is 5.97 Å². The van der Waals surface area contributed by atoms with Gasteiger partial charge in [0.25, 0.3) is 0 Å². The van der Waals surface area contributed by atoms with E-state index in [1.165, 1.54) is 0 Å². The largest absolute Gasteiger partial charge is 0.480 e. The van der Waals surface area contributed by atoms with Crippen LogP contribution in [0, 0.1) is 6.92 Å². The van der Waals surface area contributed by atoms with Crippen LogP contribution in [-0.4, -0.2) is 20.9 Å². The van der Waals surface area contributed by atoms with Gasteiger partial charge in [-0.2, -0.15) is 5.10 Å². The number of benzene rings is 1. The Morgan fingerprint density at radius 3 is 2.67 bits per heavy atom. The maximum atomic E-state index is 11.4. The number of hydrogen-bond donors (Lipinski definition) is 2. The van der Waals surface area contributed by atoms with Crippen LogP contribution in [0.15, 0.2) is 30.3 Å². The fourth-order valence-electron chi connectivity index (χ4n) is 2.23. The van der Waals surface area contributed by atoms with E-state index in [0.29, 0.717) is 23.7 Å². The maximum Gasteiger partial charge on any atom is 0.325 e. The summed E-state index contributed by atoms with van der Waals surface area (Å²) < 4.78 is 1.79. The summed E-state index contributed by atoms with van der Waals surface area (Å²) in [6, 6.07) is 8.30. The summed E-state index contributed by atoms with van der Waals surface area (Å²) in [5.41, 5.74) is 2.26. The van der Waals surface area contributed by atoms with E-state index in [9.17, 15) is 9.90 Å². The van der Waals surface area contributed by atoms with Gasteiger partial charge in [-0.3, -0.25) is 14.8 Å². The number of aromatic nitrogens is 2. The van der Waals surface area contributed by atoms with Crippen molar-refractivity contribution in [3.63, 3.8) is 0 Å². The van der Waals surface area contributed by atoms with E-state index in [1.807, 2.05) is 32.0 Å². The summed E-state index contributed by atoms with van der Waals surface area (Å²) in [6.07, 6.45) is 0. The number of aliphatic carboxylic acids is 1. The first-order chi connectivity index (χ1) is 10.0. The second-order valence-corrected chi connectivity index (χ2v) is 5.10. The van der Waals surface area contributed by atoms with Gasteiger partial charge in [0.05, 0.1) is 16.4 Å². The monoisotopic (exact) mass is 307 g/mol. The van der Waals surface area contributed by atoms with E-state index in [0.717, 1.165) is 11.4 Å². The van der Waals surface area contributed by atoms with Crippen molar-refractivity contribution in [3.8, 4) is 0 Å². The average Bonchev–Trinajstić information content (AvgIpc) is 2.75. The molecule has 2 N–H and O–H groups in total. The molecule has 2 aromatic rings. The van der Waals surface area contributed by atoms with Crippen LogP contribution < -0.4 is 5.32 Å². The van der Waals surface area contributed by atoms with Crippen molar-refractivity contribution in [3.05, 3.63) is 52.3 Å². The smallest absolute Gasteiger partial charge is 0.325 e. The van der Waals surface area contributed by atoms with Gasteiger partial charge in [-0.05, 0) is 19.4 Å². The van der Waals surface area contributed by atoms with Crippen LogP contribution in [0.25, 0.3) is 0 Å². The van der Waals surface area contributed by atoms with Crippen molar-refractivity contribution in [2.75, 3.05) is 0 Å². The molecule has 1 atom stereocenters. The van der Waals surface area contributed by atoms with Crippen LogP contribution >= 0.6 is 11.6 Å². The molecule has 0 radical (unpaired) electrons. The second-order valence-electron chi connectivity index (χ2n) is 4.72. The molecule has 112 valence electrons. The Hall–Kier alpha value is -1.85. The number of halogens is 1. The topological polar surface area (TPSA) is 67.2 Å². The summed E-state index contributed by atoms with van der Waals surface area (Å²) in [6.45, 7) is 4.84. The van der Waals surface area contributed by atoms with Gasteiger partial charge in [0.15, 0.2) is 0 Å². The first-order valence-electron chi connectivity index (χ1n) is 6.77. The zero-order chi connectivity index (χ0) is 15.4. The van der Waals surface area contributed by atoms with Gasteiger partial charge in [0, 0.05) is 13.1 Å². The SMILES string of the molecule is CCn1nc(C)c(Cl)c1CNC(C(=O)O)c1ccccc1. The van der Waals surface area contributed by atoms with Crippen molar-refractivity contribution >= 4 is 17.6 Å². The Balaban J connectivity index is 2.19. The molecule has 1 aromatic heterocycles. The van der Waals surface area contributed by atoms with E-state index in [2.05, 4.69) is 10.4 Å². The molecule has 0 fully saturated rings. The van der Waals surface area contributed by atoms with Crippen molar-refractivity contribution < 1.29 is 9.90 Å².